The fourth-order valence-electron chi connectivity index (χ4n) is 9.08. The van der Waals surface area contributed by atoms with Crippen LogP contribution in [0.2, 0.25) is 0 Å². The highest BCUT2D eigenvalue weighted by molar-refractivity contribution is 5.90. The number of carboxylic acid groups (broad SMARTS) is 1. The topological polar surface area (TPSA) is 66.4 Å². The molecule has 1 amide bonds. The SMILES string of the molecule is O=C(O)CCCCCCCCCCCCCCCCCCCCCCCCCCCCCCCCCCCCCCCCCCCCCCCCC(=O)Nc1ccccc1. The standard InChI is InChI=1S/C56H103NO3/c58-55(57-54-50-46-45-47-51-54)52-48-43-41-39-37-35-33-31-29-27-25-23-21-19-17-15-13-11-9-7-5-3-1-2-4-6-8-10-12-14-16-18-20-22-24-26-28-30-32-34-36-38-40-42-44-49-53-56(59)60/h45-47,50-51H,1-44,48-49,52-53H2,(H,57,58)(H,59,60). The number of unbranched alkanes of at least 4 members (excludes halogenated alkanes) is 45. The average Bonchev–Trinajstić information content (AvgIpc) is 3.25. The molecule has 2 N–H and O–H groups in total. The number of carbonyl (C=O) groups excluding carboxylic acids is 1. The van der Waals surface area contributed by atoms with Crippen LogP contribution in [0.25, 0.3) is 0 Å². The van der Waals surface area contributed by atoms with Crippen molar-refractivity contribution in [2.45, 2.75) is 308 Å². The van der Waals surface area contributed by atoms with Gasteiger partial charge >= 0.3 is 5.97 Å². The van der Waals surface area contributed by atoms with E-state index in [0.717, 1.165) is 24.9 Å². The van der Waals surface area contributed by atoms with Crippen LogP contribution in [0.15, 0.2) is 30.3 Å². The average molecular weight is 838 g/mol. The minimum Gasteiger partial charge on any atom is -0.481 e. The van der Waals surface area contributed by atoms with Gasteiger partial charge in [-0.15, -0.1) is 0 Å². The summed E-state index contributed by atoms with van der Waals surface area (Å²) in [6.07, 6.45) is 65.1. The first-order valence-corrected chi connectivity index (χ1v) is 27.2. The predicted molar refractivity (Wildman–Crippen MR) is 264 cm³/mol. The maximum atomic E-state index is 12.0. The number of carbonyl (C=O) groups is 2. The first-order valence-electron chi connectivity index (χ1n) is 27.2. The van der Waals surface area contributed by atoms with Gasteiger partial charge in [0.15, 0.2) is 0 Å². The second kappa shape index (κ2) is 48.2. The first kappa shape index (κ1) is 56.2. The van der Waals surface area contributed by atoms with Gasteiger partial charge in [-0.05, 0) is 25.0 Å². The molecular formula is C56H103NO3. The molecule has 0 saturated heterocycles. The minimum absolute atomic E-state index is 0.148. The normalized spacial score (nSPS) is 11.4. The highest BCUT2D eigenvalue weighted by Crippen LogP contribution is 2.19. The van der Waals surface area contributed by atoms with Gasteiger partial charge in [0.25, 0.3) is 0 Å². The van der Waals surface area contributed by atoms with Gasteiger partial charge in [-0.25, -0.2) is 0 Å². The second-order valence-electron chi connectivity index (χ2n) is 19.1. The van der Waals surface area contributed by atoms with Crippen molar-refractivity contribution in [3.05, 3.63) is 30.3 Å². The van der Waals surface area contributed by atoms with Gasteiger partial charge in [0, 0.05) is 18.5 Å². The highest BCUT2D eigenvalue weighted by atomic mass is 16.4. The van der Waals surface area contributed by atoms with E-state index in [9.17, 15) is 9.59 Å². The van der Waals surface area contributed by atoms with Crippen molar-refractivity contribution in [2.75, 3.05) is 5.32 Å². The van der Waals surface area contributed by atoms with Crippen LogP contribution in [-0.4, -0.2) is 17.0 Å². The Hall–Kier alpha value is -1.84. The van der Waals surface area contributed by atoms with Gasteiger partial charge in [0.1, 0.15) is 0 Å². The number of amides is 1. The number of anilines is 1. The molecule has 0 aliphatic carbocycles. The van der Waals surface area contributed by atoms with E-state index in [2.05, 4.69) is 5.32 Å². The lowest BCUT2D eigenvalue weighted by Crippen LogP contribution is -2.10. The van der Waals surface area contributed by atoms with E-state index >= 15 is 0 Å². The van der Waals surface area contributed by atoms with Gasteiger partial charge in [0.2, 0.25) is 5.91 Å². The summed E-state index contributed by atoms with van der Waals surface area (Å²) in [5.41, 5.74) is 0.904. The smallest absolute Gasteiger partial charge is 0.303 e. The molecular weight excluding hydrogens is 735 g/mol. The van der Waals surface area contributed by atoms with E-state index in [0.29, 0.717) is 12.8 Å². The van der Waals surface area contributed by atoms with Crippen molar-refractivity contribution < 1.29 is 14.7 Å². The van der Waals surface area contributed by atoms with Gasteiger partial charge in [-0.2, -0.15) is 0 Å². The second-order valence-corrected chi connectivity index (χ2v) is 19.1. The zero-order chi connectivity index (χ0) is 42.9. The lowest BCUT2D eigenvalue weighted by molar-refractivity contribution is -0.137. The first-order chi connectivity index (χ1) is 29.7. The fourth-order valence-corrected chi connectivity index (χ4v) is 9.08. The summed E-state index contributed by atoms with van der Waals surface area (Å²) >= 11 is 0. The summed E-state index contributed by atoms with van der Waals surface area (Å²) in [6, 6.07) is 9.78. The van der Waals surface area contributed by atoms with Crippen molar-refractivity contribution >= 4 is 17.6 Å². The minimum atomic E-state index is -0.649. The van der Waals surface area contributed by atoms with Crippen molar-refractivity contribution in [3.8, 4) is 0 Å². The predicted octanol–water partition coefficient (Wildman–Crippen LogP) is 19.4. The van der Waals surface area contributed by atoms with E-state index in [1.807, 2.05) is 30.3 Å². The van der Waals surface area contributed by atoms with Gasteiger partial charge in [-0.3, -0.25) is 9.59 Å². The highest BCUT2D eigenvalue weighted by Gasteiger charge is 2.03. The molecule has 0 heterocycles. The number of para-hydroxylation sites is 1. The zero-order valence-electron chi connectivity index (χ0n) is 40.1. The molecule has 1 rings (SSSR count). The Balaban J connectivity index is 1.61. The quantitative estimate of drug-likeness (QED) is 0.0643. The molecule has 350 valence electrons. The molecule has 0 fully saturated rings. The number of rotatable bonds is 50. The van der Waals surface area contributed by atoms with Crippen molar-refractivity contribution in [1.82, 2.24) is 0 Å². The number of nitrogens with one attached hydrogen (secondary N) is 1. The Kier molecular flexibility index (Phi) is 45.1. The molecule has 0 spiro atoms. The van der Waals surface area contributed by atoms with Crippen molar-refractivity contribution in [3.63, 3.8) is 0 Å². The van der Waals surface area contributed by atoms with Crippen molar-refractivity contribution in [2.24, 2.45) is 0 Å². The molecule has 0 unspecified atom stereocenters. The molecule has 0 atom stereocenters. The van der Waals surface area contributed by atoms with Crippen LogP contribution in [0.1, 0.15) is 308 Å². The molecule has 4 nitrogen and oxygen atoms in total. The number of hydrogen-bond donors (Lipinski definition) is 2. The Labute approximate surface area is 374 Å². The molecule has 1 aromatic rings. The summed E-state index contributed by atoms with van der Waals surface area (Å²) in [6.45, 7) is 0. The van der Waals surface area contributed by atoms with E-state index in [-0.39, 0.29) is 5.91 Å². The van der Waals surface area contributed by atoms with Crippen LogP contribution in [0.3, 0.4) is 0 Å². The van der Waals surface area contributed by atoms with Crippen LogP contribution < -0.4 is 5.32 Å². The molecule has 0 saturated carbocycles. The largest absolute Gasteiger partial charge is 0.481 e. The number of carboxylic acids is 1. The molecule has 4 heteroatoms. The van der Waals surface area contributed by atoms with Crippen LogP contribution in [0.4, 0.5) is 5.69 Å². The van der Waals surface area contributed by atoms with Crippen LogP contribution in [0.5, 0.6) is 0 Å². The molecule has 0 aromatic heterocycles. The third-order valence-electron chi connectivity index (χ3n) is 13.1. The molecule has 60 heavy (non-hydrogen) atoms. The Morgan fingerprint density at radius 3 is 0.667 bits per heavy atom. The third-order valence-corrected chi connectivity index (χ3v) is 13.1. The Morgan fingerprint density at radius 2 is 0.467 bits per heavy atom. The number of hydrogen-bond acceptors (Lipinski definition) is 2. The summed E-state index contributed by atoms with van der Waals surface area (Å²) in [5, 5.41) is 11.7. The van der Waals surface area contributed by atoms with E-state index in [4.69, 9.17) is 5.11 Å². The van der Waals surface area contributed by atoms with Gasteiger partial charge in [-0.1, -0.05) is 301 Å². The lowest BCUT2D eigenvalue weighted by atomic mass is 10.0. The maximum Gasteiger partial charge on any atom is 0.303 e. The molecule has 0 radical (unpaired) electrons. The Morgan fingerprint density at radius 1 is 0.283 bits per heavy atom. The molecule has 1 aromatic carbocycles. The monoisotopic (exact) mass is 838 g/mol. The van der Waals surface area contributed by atoms with Gasteiger partial charge in [0.05, 0.1) is 0 Å². The van der Waals surface area contributed by atoms with Crippen LogP contribution in [0, 0.1) is 0 Å². The molecule has 0 bridgehead atoms. The fraction of sp³-hybridized carbons (Fsp3) is 0.857. The van der Waals surface area contributed by atoms with E-state index < -0.39 is 5.97 Å². The summed E-state index contributed by atoms with van der Waals surface area (Å²) in [7, 11) is 0. The molecule has 0 aliphatic heterocycles. The molecule has 0 aliphatic rings. The van der Waals surface area contributed by atoms with E-state index in [1.54, 1.807) is 0 Å². The van der Waals surface area contributed by atoms with Crippen LogP contribution in [-0.2, 0) is 9.59 Å². The third kappa shape index (κ3) is 45.7. The number of aliphatic carboxylic acids is 1. The summed E-state index contributed by atoms with van der Waals surface area (Å²) in [4.78, 5) is 22.5. The zero-order valence-corrected chi connectivity index (χ0v) is 40.1. The number of benzene rings is 1. The van der Waals surface area contributed by atoms with E-state index in [1.165, 1.54) is 276 Å². The summed E-state index contributed by atoms with van der Waals surface area (Å²) in [5.74, 6) is -0.501. The lowest BCUT2D eigenvalue weighted by Gasteiger charge is -2.05. The Bertz CT molecular complexity index is 995. The van der Waals surface area contributed by atoms with Crippen LogP contribution >= 0.6 is 0 Å². The van der Waals surface area contributed by atoms with Gasteiger partial charge < -0.3 is 10.4 Å². The maximum absolute atomic E-state index is 12.0. The van der Waals surface area contributed by atoms with Crippen molar-refractivity contribution in [1.29, 1.82) is 0 Å². The summed E-state index contributed by atoms with van der Waals surface area (Å²) < 4.78 is 0.